The van der Waals surface area contributed by atoms with Gasteiger partial charge in [0.2, 0.25) is 0 Å². The molecule has 0 saturated carbocycles. The number of hydrogen-bond acceptors (Lipinski definition) is 4. The Balaban J connectivity index is 2.77. The molecule has 2 aromatic rings. The van der Waals surface area contributed by atoms with Crippen molar-refractivity contribution >= 4 is 21.8 Å². The van der Waals surface area contributed by atoms with Gasteiger partial charge >= 0.3 is 0 Å². The number of amides is 2. The number of carbonyl (C=O) groups excluding carboxylic acids is 2. The van der Waals surface area contributed by atoms with Crippen LogP contribution in [0.15, 0.2) is 47.4 Å². The number of nitrogens with zero attached hydrogens (tertiary/aromatic N) is 1. The van der Waals surface area contributed by atoms with Crippen LogP contribution in [0.4, 0.5) is 0 Å². The van der Waals surface area contributed by atoms with Gasteiger partial charge < -0.3 is 11.5 Å². The average molecular weight is 293 g/mol. The zero-order chi connectivity index (χ0) is 14.9. The Morgan fingerprint density at radius 1 is 0.850 bits per heavy atom. The predicted molar refractivity (Wildman–Crippen MR) is 70.5 cm³/mol. The molecule has 4 N–H and O–H groups in total. The van der Waals surface area contributed by atoms with Gasteiger partial charge in [-0.3, -0.25) is 9.59 Å². The standard InChI is InChI=1S/C12H11N3O4S/c13-11(16)9-6-7-10(12(14)17)15(9)20(18,19)8-4-2-1-3-5-8/h1-7H,(H2,13,16)(H2,14,17). The molecule has 20 heavy (non-hydrogen) atoms. The Hall–Kier alpha value is -2.61. The van der Waals surface area contributed by atoms with Gasteiger partial charge in [-0.2, -0.15) is 0 Å². The van der Waals surface area contributed by atoms with E-state index in [0.29, 0.717) is 3.97 Å². The third kappa shape index (κ3) is 2.16. The molecule has 0 saturated heterocycles. The number of benzene rings is 1. The fourth-order valence-corrected chi connectivity index (χ4v) is 3.28. The van der Waals surface area contributed by atoms with E-state index in [-0.39, 0.29) is 16.3 Å². The summed E-state index contributed by atoms with van der Waals surface area (Å²) in [6.45, 7) is 0. The molecule has 0 aliphatic rings. The Labute approximate surface area is 114 Å². The Morgan fingerprint density at radius 2 is 1.30 bits per heavy atom. The van der Waals surface area contributed by atoms with E-state index >= 15 is 0 Å². The number of hydrogen-bond donors (Lipinski definition) is 2. The zero-order valence-electron chi connectivity index (χ0n) is 10.2. The number of nitrogens with two attached hydrogens (primary N) is 2. The second kappa shape index (κ2) is 4.82. The minimum atomic E-state index is -4.13. The molecular weight excluding hydrogens is 282 g/mol. The van der Waals surface area contributed by atoms with E-state index in [0.717, 1.165) is 12.1 Å². The minimum absolute atomic E-state index is 0.0822. The maximum atomic E-state index is 12.5. The number of carbonyl (C=O) groups is 2. The number of aromatic nitrogens is 1. The van der Waals surface area contributed by atoms with Gasteiger partial charge in [-0.1, -0.05) is 18.2 Å². The molecule has 104 valence electrons. The summed E-state index contributed by atoms with van der Waals surface area (Å²) in [6.07, 6.45) is 0. The molecule has 0 fully saturated rings. The Bertz CT molecular complexity index is 747. The van der Waals surface area contributed by atoms with Gasteiger partial charge in [-0.15, -0.1) is 0 Å². The summed E-state index contributed by atoms with van der Waals surface area (Å²) in [5.74, 6) is -1.95. The summed E-state index contributed by atoms with van der Waals surface area (Å²) < 4.78 is 25.5. The van der Waals surface area contributed by atoms with Crippen molar-refractivity contribution in [1.29, 1.82) is 0 Å². The van der Waals surface area contributed by atoms with Crippen LogP contribution in [0.1, 0.15) is 21.0 Å². The summed E-state index contributed by atoms with van der Waals surface area (Å²) >= 11 is 0. The molecule has 2 amide bonds. The Kier molecular flexibility index (Phi) is 3.33. The van der Waals surface area contributed by atoms with Crippen LogP contribution in [-0.4, -0.2) is 24.2 Å². The van der Waals surface area contributed by atoms with Crippen molar-refractivity contribution < 1.29 is 18.0 Å². The first-order valence-corrected chi connectivity index (χ1v) is 6.91. The third-order valence-electron chi connectivity index (χ3n) is 2.62. The molecule has 0 spiro atoms. The van der Waals surface area contributed by atoms with Crippen molar-refractivity contribution in [1.82, 2.24) is 3.97 Å². The van der Waals surface area contributed by atoms with E-state index in [1.165, 1.54) is 24.3 Å². The fourth-order valence-electron chi connectivity index (χ4n) is 1.74. The summed E-state index contributed by atoms with van der Waals surface area (Å²) in [5.41, 5.74) is 9.59. The first-order valence-electron chi connectivity index (χ1n) is 5.47. The van der Waals surface area contributed by atoms with Gasteiger partial charge in [0.05, 0.1) is 4.90 Å². The first kappa shape index (κ1) is 13.8. The van der Waals surface area contributed by atoms with Crippen LogP contribution in [0, 0.1) is 0 Å². The minimum Gasteiger partial charge on any atom is -0.364 e. The van der Waals surface area contributed by atoms with Crippen LogP contribution < -0.4 is 11.5 Å². The van der Waals surface area contributed by atoms with E-state index in [2.05, 4.69) is 0 Å². The van der Waals surface area contributed by atoms with E-state index < -0.39 is 21.8 Å². The van der Waals surface area contributed by atoms with Gasteiger partial charge in [0.25, 0.3) is 21.8 Å². The van der Waals surface area contributed by atoms with Crippen LogP contribution >= 0.6 is 0 Å². The van der Waals surface area contributed by atoms with Crippen molar-refractivity contribution in [3.63, 3.8) is 0 Å². The molecule has 0 atom stereocenters. The molecule has 0 aliphatic carbocycles. The second-order valence-corrected chi connectivity index (χ2v) is 5.70. The third-order valence-corrected chi connectivity index (χ3v) is 4.36. The quantitative estimate of drug-likeness (QED) is 0.817. The smallest absolute Gasteiger partial charge is 0.269 e. The van der Waals surface area contributed by atoms with Crippen molar-refractivity contribution in [3.05, 3.63) is 53.9 Å². The predicted octanol–water partition coefficient (Wildman–Crippen LogP) is -0.0771. The van der Waals surface area contributed by atoms with Crippen LogP contribution in [-0.2, 0) is 10.0 Å². The van der Waals surface area contributed by atoms with Crippen molar-refractivity contribution in [2.75, 3.05) is 0 Å². The highest BCUT2D eigenvalue weighted by Crippen LogP contribution is 2.19. The zero-order valence-corrected chi connectivity index (χ0v) is 11.0. The summed E-state index contributed by atoms with van der Waals surface area (Å²) in [5, 5.41) is 0. The lowest BCUT2D eigenvalue weighted by Gasteiger charge is -2.11. The largest absolute Gasteiger partial charge is 0.364 e. The van der Waals surface area contributed by atoms with Gasteiger partial charge in [-0.05, 0) is 24.3 Å². The van der Waals surface area contributed by atoms with E-state index in [1.807, 2.05) is 0 Å². The topological polar surface area (TPSA) is 125 Å². The molecule has 1 aromatic carbocycles. The van der Waals surface area contributed by atoms with Gasteiger partial charge in [-0.25, -0.2) is 12.4 Å². The summed E-state index contributed by atoms with van der Waals surface area (Å²) in [7, 11) is -4.13. The van der Waals surface area contributed by atoms with E-state index in [9.17, 15) is 18.0 Å². The second-order valence-electron chi connectivity index (χ2n) is 3.91. The van der Waals surface area contributed by atoms with Gasteiger partial charge in [0, 0.05) is 0 Å². The highest BCUT2D eigenvalue weighted by molar-refractivity contribution is 7.90. The monoisotopic (exact) mass is 293 g/mol. The van der Waals surface area contributed by atoms with E-state index in [4.69, 9.17) is 11.5 Å². The fraction of sp³-hybridized carbons (Fsp3) is 0. The molecule has 0 unspecified atom stereocenters. The van der Waals surface area contributed by atoms with Crippen LogP contribution in [0.5, 0.6) is 0 Å². The molecule has 0 aliphatic heterocycles. The Morgan fingerprint density at radius 3 is 1.70 bits per heavy atom. The van der Waals surface area contributed by atoms with Crippen LogP contribution in [0.3, 0.4) is 0 Å². The normalized spacial score (nSPS) is 11.2. The van der Waals surface area contributed by atoms with Gasteiger partial charge in [0.15, 0.2) is 0 Å². The number of rotatable bonds is 4. The highest BCUT2D eigenvalue weighted by Gasteiger charge is 2.27. The lowest BCUT2D eigenvalue weighted by Crippen LogP contribution is -2.27. The van der Waals surface area contributed by atoms with Crippen molar-refractivity contribution in [2.24, 2.45) is 11.5 Å². The van der Waals surface area contributed by atoms with E-state index in [1.54, 1.807) is 6.07 Å². The maximum Gasteiger partial charge on any atom is 0.269 e. The lowest BCUT2D eigenvalue weighted by atomic mass is 10.4. The van der Waals surface area contributed by atoms with Crippen LogP contribution in [0.2, 0.25) is 0 Å². The van der Waals surface area contributed by atoms with Crippen LogP contribution in [0.25, 0.3) is 0 Å². The molecule has 2 rings (SSSR count). The molecule has 7 nitrogen and oxygen atoms in total. The van der Waals surface area contributed by atoms with Crippen molar-refractivity contribution in [2.45, 2.75) is 4.90 Å². The summed E-state index contributed by atoms with van der Waals surface area (Å²) in [4.78, 5) is 22.6. The summed E-state index contributed by atoms with van der Waals surface area (Å²) in [6, 6.07) is 9.63. The molecule has 1 aromatic heterocycles. The lowest BCUT2D eigenvalue weighted by molar-refractivity contribution is 0.0992. The highest BCUT2D eigenvalue weighted by atomic mass is 32.2. The molecule has 1 heterocycles. The molecular formula is C12H11N3O4S. The first-order chi connectivity index (χ1) is 9.35. The van der Waals surface area contributed by atoms with Crippen molar-refractivity contribution in [3.8, 4) is 0 Å². The number of primary amides is 2. The molecule has 8 heteroatoms. The SMILES string of the molecule is NC(=O)c1ccc(C(N)=O)n1S(=O)(=O)c1ccccc1. The maximum absolute atomic E-state index is 12.5. The molecule has 0 bridgehead atoms. The molecule has 0 radical (unpaired) electrons. The van der Waals surface area contributed by atoms with Gasteiger partial charge in [0.1, 0.15) is 11.4 Å². The average Bonchev–Trinajstić information content (AvgIpc) is 2.85.